The van der Waals surface area contributed by atoms with Crippen LogP contribution in [0.3, 0.4) is 0 Å². The van der Waals surface area contributed by atoms with Crippen LogP contribution in [-0.2, 0) is 25.4 Å². The van der Waals surface area contributed by atoms with Gasteiger partial charge in [0.2, 0.25) is 11.7 Å². The number of imide groups is 1. The van der Waals surface area contributed by atoms with Crippen molar-refractivity contribution in [3.05, 3.63) is 83.3 Å². The van der Waals surface area contributed by atoms with Crippen molar-refractivity contribution in [3.63, 3.8) is 0 Å². The van der Waals surface area contributed by atoms with Crippen LogP contribution < -0.4 is 0 Å². The molecule has 2 amide bonds. The highest BCUT2D eigenvalue weighted by Gasteiger charge is 2.46. The summed E-state index contributed by atoms with van der Waals surface area (Å²) >= 11 is 0. The van der Waals surface area contributed by atoms with E-state index in [-0.39, 0.29) is 19.0 Å². The average Bonchev–Trinajstić information content (AvgIpc) is 3.54. The SMILES string of the molecule is Cc1cccc(-c2cc(C(=O)C(C)C(=O)N3C(=O)OC(c4ccccc4)C3C)oc2CCCOCCOCCO)c1. The molecule has 1 aliphatic rings. The predicted molar refractivity (Wildman–Crippen MR) is 151 cm³/mol. The molecule has 0 spiro atoms. The Kier molecular flexibility index (Phi) is 10.5. The largest absolute Gasteiger partial charge is 0.457 e. The summed E-state index contributed by atoms with van der Waals surface area (Å²) in [4.78, 5) is 40.7. The minimum atomic E-state index is -1.15. The highest BCUT2D eigenvalue weighted by Crippen LogP contribution is 2.35. The lowest BCUT2D eigenvalue weighted by Crippen LogP contribution is -2.43. The number of amides is 2. The molecule has 41 heavy (non-hydrogen) atoms. The first-order chi connectivity index (χ1) is 19.8. The van der Waals surface area contributed by atoms with E-state index in [0.29, 0.717) is 38.4 Å². The monoisotopic (exact) mass is 563 g/mol. The summed E-state index contributed by atoms with van der Waals surface area (Å²) in [6.45, 7) is 6.74. The van der Waals surface area contributed by atoms with Crippen molar-refractivity contribution in [3.8, 4) is 11.1 Å². The maximum Gasteiger partial charge on any atom is 0.417 e. The molecule has 3 unspecified atom stereocenters. The van der Waals surface area contributed by atoms with Gasteiger partial charge in [-0.05, 0) is 44.4 Å². The van der Waals surface area contributed by atoms with Gasteiger partial charge in [-0.3, -0.25) is 9.59 Å². The molecule has 0 bridgehead atoms. The number of hydrogen-bond acceptors (Lipinski definition) is 8. The van der Waals surface area contributed by atoms with Crippen LogP contribution in [0.15, 0.2) is 65.1 Å². The quantitative estimate of drug-likeness (QED) is 0.163. The zero-order valence-corrected chi connectivity index (χ0v) is 23.7. The summed E-state index contributed by atoms with van der Waals surface area (Å²) in [5, 5.41) is 8.77. The Bertz CT molecular complexity index is 1330. The van der Waals surface area contributed by atoms with E-state index >= 15 is 0 Å². The summed E-state index contributed by atoms with van der Waals surface area (Å²) in [6, 6.07) is 18.2. The molecule has 1 N–H and O–H groups in total. The van der Waals surface area contributed by atoms with Crippen LogP contribution in [0.1, 0.15) is 53.8 Å². The number of rotatable bonds is 14. The fourth-order valence-electron chi connectivity index (χ4n) is 4.89. The molecule has 218 valence electrons. The molecule has 1 saturated heterocycles. The van der Waals surface area contributed by atoms with Crippen molar-refractivity contribution in [2.45, 2.75) is 45.8 Å². The zero-order valence-electron chi connectivity index (χ0n) is 23.7. The molecule has 9 nitrogen and oxygen atoms in total. The maximum atomic E-state index is 13.5. The first-order valence-corrected chi connectivity index (χ1v) is 13.9. The second-order valence-corrected chi connectivity index (χ2v) is 10.1. The Labute approximate surface area is 240 Å². The molecule has 1 fully saturated rings. The van der Waals surface area contributed by atoms with Crippen LogP contribution in [0.25, 0.3) is 11.1 Å². The van der Waals surface area contributed by atoms with Gasteiger partial charge in [-0.1, -0.05) is 60.2 Å². The Hall–Kier alpha value is -3.79. The van der Waals surface area contributed by atoms with Gasteiger partial charge < -0.3 is 23.7 Å². The maximum absolute atomic E-state index is 13.5. The Balaban J connectivity index is 1.47. The number of aliphatic hydroxyl groups excluding tert-OH is 1. The van der Waals surface area contributed by atoms with Crippen molar-refractivity contribution >= 4 is 17.8 Å². The number of Topliss-reactive ketones (excluding diaryl/α,β-unsaturated/α-hetero) is 1. The smallest absolute Gasteiger partial charge is 0.417 e. The number of ketones is 1. The molecule has 3 aromatic rings. The van der Waals surface area contributed by atoms with Gasteiger partial charge in [-0.25, -0.2) is 9.69 Å². The molecule has 4 rings (SSSR count). The molecular formula is C32H37NO8. The predicted octanol–water partition coefficient (Wildman–Crippen LogP) is 5.14. The minimum absolute atomic E-state index is 0.0269. The first-order valence-electron chi connectivity index (χ1n) is 13.9. The summed E-state index contributed by atoms with van der Waals surface area (Å²) in [5.74, 6) is -1.59. The fraction of sp³-hybridized carbons (Fsp3) is 0.406. The number of aryl methyl sites for hydroxylation is 2. The van der Waals surface area contributed by atoms with Gasteiger partial charge in [0.1, 0.15) is 17.8 Å². The topological polar surface area (TPSA) is 116 Å². The van der Waals surface area contributed by atoms with E-state index in [9.17, 15) is 14.4 Å². The number of aliphatic hydroxyl groups is 1. The van der Waals surface area contributed by atoms with Crippen LogP contribution >= 0.6 is 0 Å². The number of furan rings is 1. The van der Waals surface area contributed by atoms with E-state index < -0.39 is 35.8 Å². The van der Waals surface area contributed by atoms with Gasteiger partial charge in [0.25, 0.3) is 0 Å². The van der Waals surface area contributed by atoms with Crippen molar-refractivity contribution in [2.75, 3.05) is 33.0 Å². The molecule has 2 aromatic carbocycles. The second kappa shape index (κ2) is 14.2. The zero-order chi connectivity index (χ0) is 29.4. The number of nitrogens with zero attached hydrogens (tertiary/aromatic N) is 1. The molecule has 2 heterocycles. The van der Waals surface area contributed by atoms with E-state index in [1.54, 1.807) is 13.0 Å². The normalized spacial score (nSPS) is 17.5. The highest BCUT2D eigenvalue weighted by molar-refractivity contribution is 6.12. The lowest BCUT2D eigenvalue weighted by atomic mass is 9.98. The average molecular weight is 564 g/mol. The van der Waals surface area contributed by atoms with Gasteiger partial charge in [0.05, 0.1) is 32.5 Å². The van der Waals surface area contributed by atoms with Crippen LogP contribution in [0.2, 0.25) is 0 Å². The van der Waals surface area contributed by atoms with Gasteiger partial charge in [-0.2, -0.15) is 0 Å². The van der Waals surface area contributed by atoms with Crippen LogP contribution in [0, 0.1) is 12.8 Å². The summed E-state index contributed by atoms with van der Waals surface area (Å²) in [6.07, 6.45) is -0.211. The third kappa shape index (κ3) is 7.30. The molecule has 0 saturated carbocycles. The molecule has 0 radical (unpaired) electrons. The third-order valence-corrected chi connectivity index (χ3v) is 7.08. The Morgan fingerprint density at radius 2 is 1.73 bits per heavy atom. The molecule has 1 aliphatic heterocycles. The Morgan fingerprint density at radius 1 is 1.00 bits per heavy atom. The number of carbonyl (C=O) groups excluding carboxylic acids is 3. The summed E-state index contributed by atoms with van der Waals surface area (Å²) in [7, 11) is 0. The molecular weight excluding hydrogens is 526 g/mol. The van der Waals surface area contributed by atoms with Crippen LogP contribution in [-0.4, -0.2) is 66.9 Å². The Morgan fingerprint density at radius 3 is 2.44 bits per heavy atom. The van der Waals surface area contributed by atoms with E-state index in [0.717, 1.165) is 27.2 Å². The molecule has 1 aromatic heterocycles. The number of benzene rings is 2. The van der Waals surface area contributed by atoms with Crippen molar-refractivity contribution in [1.29, 1.82) is 0 Å². The van der Waals surface area contributed by atoms with Gasteiger partial charge in [-0.15, -0.1) is 0 Å². The van der Waals surface area contributed by atoms with E-state index in [1.165, 1.54) is 6.92 Å². The van der Waals surface area contributed by atoms with E-state index in [4.69, 9.17) is 23.7 Å². The summed E-state index contributed by atoms with van der Waals surface area (Å²) in [5.41, 5.74) is 3.53. The number of hydrogen-bond donors (Lipinski definition) is 1. The summed E-state index contributed by atoms with van der Waals surface area (Å²) < 4.78 is 22.4. The van der Waals surface area contributed by atoms with Gasteiger partial charge in [0, 0.05) is 18.6 Å². The van der Waals surface area contributed by atoms with Crippen molar-refractivity contribution in [2.24, 2.45) is 5.92 Å². The second-order valence-electron chi connectivity index (χ2n) is 10.1. The lowest BCUT2D eigenvalue weighted by molar-refractivity contribution is -0.131. The lowest BCUT2D eigenvalue weighted by Gasteiger charge is -2.21. The van der Waals surface area contributed by atoms with E-state index in [2.05, 4.69) is 0 Å². The first kappa shape index (κ1) is 30.2. The number of cyclic esters (lactones) is 1. The van der Waals surface area contributed by atoms with Crippen molar-refractivity contribution in [1.82, 2.24) is 4.90 Å². The molecule has 9 heteroatoms. The van der Waals surface area contributed by atoms with Gasteiger partial charge >= 0.3 is 6.09 Å². The number of ether oxygens (including phenoxy) is 3. The fourth-order valence-corrected chi connectivity index (χ4v) is 4.89. The highest BCUT2D eigenvalue weighted by atomic mass is 16.6. The minimum Gasteiger partial charge on any atom is -0.457 e. The third-order valence-electron chi connectivity index (χ3n) is 7.08. The van der Waals surface area contributed by atoms with Crippen LogP contribution in [0.4, 0.5) is 4.79 Å². The molecule has 3 atom stereocenters. The van der Waals surface area contributed by atoms with Gasteiger partial charge in [0.15, 0.2) is 5.76 Å². The van der Waals surface area contributed by atoms with E-state index in [1.807, 2.05) is 61.5 Å². The standard InChI is InChI=1S/C32H37NO8/c1-21-9-7-12-25(19-21)26-20-28(40-27(26)13-8-15-38-17-18-39-16-14-34)29(35)22(2)31(36)33-23(3)30(41-32(33)37)24-10-5-4-6-11-24/h4-7,9-12,19-20,22-23,30,34H,8,13-18H2,1-3H3. The van der Waals surface area contributed by atoms with Crippen molar-refractivity contribution < 1.29 is 38.1 Å². The number of carbonyl (C=O) groups is 3. The van der Waals surface area contributed by atoms with Crippen LogP contribution in [0.5, 0.6) is 0 Å². The molecule has 0 aliphatic carbocycles.